The number of hydrogen-bond donors (Lipinski definition) is 2. The van der Waals surface area contributed by atoms with E-state index >= 15 is 0 Å². The summed E-state index contributed by atoms with van der Waals surface area (Å²) in [7, 11) is 0. The van der Waals surface area contributed by atoms with Crippen LogP contribution in [0.3, 0.4) is 0 Å². The smallest absolute Gasteiger partial charge is 0.0991 e. The number of aliphatic hydroxyl groups excluding tert-OH is 1. The van der Waals surface area contributed by atoms with Gasteiger partial charge in [0.05, 0.1) is 29.9 Å². The van der Waals surface area contributed by atoms with Crippen molar-refractivity contribution >= 4 is 11.6 Å². The molecule has 0 radical (unpaired) electrons. The van der Waals surface area contributed by atoms with Gasteiger partial charge < -0.3 is 15.6 Å². The topological polar surface area (TPSA) is 79.3 Å². The number of ether oxygens (including phenoxy) is 1. The van der Waals surface area contributed by atoms with E-state index in [4.69, 9.17) is 27.3 Å². The number of rotatable bonds is 2. The molecule has 1 saturated heterocycles. The van der Waals surface area contributed by atoms with Crippen LogP contribution < -0.4 is 5.73 Å². The molecule has 0 aliphatic carbocycles. The Balaban J connectivity index is 2.46. The molecule has 0 bridgehead atoms. The van der Waals surface area contributed by atoms with E-state index in [1.807, 2.05) is 6.92 Å². The molecular formula is C14H17ClN2O2. The number of nitrogens with two attached hydrogens (primary N) is 1. The van der Waals surface area contributed by atoms with Gasteiger partial charge in [-0.25, -0.2) is 0 Å². The van der Waals surface area contributed by atoms with E-state index in [1.165, 1.54) is 0 Å². The Kier molecular flexibility index (Phi) is 4.12. The molecule has 19 heavy (non-hydrogen) atoms. The van der Waals surface area contributed by atoms with Crippen LogP contribution in [0, 0.1) is 17.2 Å². The van der Waals surface area contributed by atoms with Gasteiger partial charge in [-0.2, -0.15) is 5.26 Å². The average molecular weight is 281 g/mol. The number of halogens is 1. The summed E-state index contributed by atoms with van der Waals surface area (Å²) >= 11 is 6.21. The molecule has 1 heterocycles. The van der Waals surface area contributed by atoms with Crippen molar-refractivity contribution in [1.82, 2.24) is 0 Å². The molecular weight excluding hydrogens is 264 g/mol. The maximum Gasteiger partial charge on any atom is 0.0991 e. The molecule has 3 atom stereocenters. The summed E-state index contributed by atoms with van der Waals surface area (Å²) in [6.45, 7) is 2.21. The van der Waals surface area contributed by atoms with E-state index in [9.17, 15) is 5.11 Å². The number of benzene rings is 1. The molecule has 1 aliphatic rings. The molecule has 0 spiro atoms. The maximum atomic E-state index is 9.58. The second kappa shape index (κ2) is 5.48. The molecule has 0 amide bonds. The summed E-state index contributed by atoms with van der Waals surface area (Å²) in [5.41, 5.74) is 6.75. The molecule has 102 valence electrons. The first-order valence-corrected chi connectivity index (χ1v) is 6.60. The van der Waals surface area contributed by atoms with Crippen molar-refractivity contribution < 1.29 is 9.84 Å². The molecule has 4 nitrogen and oxygen atoms in total. The minimum atomic E-state index is -0.856. The lowest BCUT2D eigenvalue weighted by atomic mass is 9.75. The molecule has 2 rings (SSSR count). The van der Waals surface area contributed by atoms with E-state index in [1.54, 1.807) is 18.2 Å². The van der Waals surface area contributed by atoms with Crippen LogP contribution in [0.25, 0.3) is 0 Å². The van der Waals surface area contributed by atoms with E-state index in [0.29, 0.717) is 22.6 Å². The predicted molar refractivity (Wildman–Crippen MR) is 72.6 cm³/mol. The van der Waals surface area contributed by atoms with Crippen LogP contribution in [-0.4, -0.2) is 24.4 Å². The normalized spacial score (nSPS) is 30.9. The number of aliphatic hydroxyl groups is 1. The fourth-order valence-corrected chi connectivity index (χ4v) is 2.86. The highest BCUT2D eigenvalue weighted by Gasteiger charge is 2.42. The maximum absolute atomic E-state index is 9.58. The van der Waals surface area contributed by atoms with Gasteiger partial charge in [-0.3, -0.25) is 0 Å². The van der Waals surface area contributed by atoms with E-state index in [2.05, 4.69) is 6.07 Å². The SMILES string of the molecule is C[C@H]1C[C@@H](CO)[C@](N)(c2cc(C#N)ccc2Cl)CO1. The molecule has 0 saturated carbocycles. The van der Waals surface area contributed by atoms with Gasteiger partial charge in [-0.05, 0) is 37.1 Å². The van der Waals surface area contributed by atoms with Crippen LogP contribution in [0.4, 0.5) is 0 Å². The Morgan fingerprint density at radius 1 is 1.63 bits per heavy atom. The second-order valence-corrected chi connectivity index (χ2v) is 5.49. The summed E-state index contributed by atoms with van der Waals surface area (Å²) in [6.07, 6.45) is 0.729. The zero-order valence-corrected chi connectivity index (χ0v) is 11.5. The summed E-state index contributed by atoms with van der Waals surface area (Å²) in [6, 6.07) is 7.07. The Morgan fingerprint density at radius 2 is 2.37 bits per heavy atom. The number of hydrogen-bond acceptors (Lipinski definition) is 4. The predicted octanol–water partition coefficient (Wildman–Crippen LogP) is 1.78. The highest BCUT2D eigenvalue weighted by molar-refractivity contribution is 6.31. The Hall–Kier alpha value is -1.12. The monoisotopic (exact) mass is 280 g/mol. The van der Waals surface area contributed by atoms with Gasteiger partial charge in [-0.1, -0.05) is 11.6 Å². The zero-order valence-electron chi connectivity index (χ0n) is 10.8. The lowest BCUT2D eigenvalue weighted by molar-refractivity contribution is -0.0669. The third-order valence-corrected chi connectivity index (χ3v) is 4.10. The Bertz CT molecular complexity index is 515. The molecule has 1 aliphatic heterocycles. The summed E-state index contributed by atoms with van der Waals surface area (Å²) in [5, 5.41) is 19.1. The van der Waals surface area contributed by atoms with Crippen molar-refractivity contribution in [3.63, 3.8) is 0 Å². The lowest BCUT2D eigenvalue weighted by Crippen LogP contribution is -2.54. The summed E-state index contributed by atoms with van der Waals surface area (Å²) < 4.78 is 5.63. The van der Waals surface area contributed by atoms with Crippen molar-refractivity contribution in [2.24, 2.45) is 11.7 Å². The average Bonchev–Trinajstić information content (AvgIpc) is 2.42. The van der Waals surface area contributed by atoms with Gasteiger partial charge in [0.15, 0.2) is 0 Å². The summed E-state index contributed by atoms with van der Waals surface area (Å²) in [4.78, 5) is 0. The van der Waals surface area contributed by atoms with Gasteiger partial charge in [0.2, 0.25) is 0 Å². The van der Waals surface area contributed by atoms with E-state index < -0.39 is 5.54 Å². The van der Waals surface area contributed by atoms with Crippen molar-refractivity contribution in [2.45, 2.75) is 25.0 Å². The second-order valence-electron chi connectivity index (χ2n) is 5.08. The molecule has 3 N–H and O–H groups in total. The number of nitrogens with zero attached hydrogens (tertiary/aromatic N) is 1. The Morgan fingerprint density at radius 3 is 3.00 bits per heavy atom. The minimum Gasteiger partial charge on any atom is -0.396 e. The third-order valence-electron chi connectivity index (χ3n) is 3.77. The van der Waals surface area contributed by atoms with Crippen molar-refractivity contribution in [3.05, 3.63) is 34.3 Å². The fraction of sp³-hybridized carbons (Fsp3) is 0.500. The molecule has 1 aromatic rings. The van der Waals surface area contributed by atoms with Crippen LogP contribution in [0.15, 0.2) is 18.2 Å². The van der Waals surface area contributed by atoms with Gasteiger partial charge in [-0.15, -0.1) is 0 Å². The van der Waals surface area contributed by atoms with Crippen LogP contribution in [0.2, 0.25) is 5.02 Å². The molecule has 0 aromatic heterocycles. The van der Waals surface area contributed by atoms with Gasteiger partial charge in [0.1, 0.15) is 0 Å². The first kappa shape index (κ1) is 14.3. The van der Waals surface area contributed by atoms with Crippen LogP contribution in [0.5, 0.6) is 0 Å². The third kappa shape index (κ3) is 2.60. The first-order valence-electron chi connectivity index (χ1n) is 6.22. The minimum absolute atomic E-state index is 0.0304. The number of nitriles is 1. The van der Waals surface area contributed by atoms with Gasteiger partial charge in [0, 0.05) is 17.5 Å². The van der Waals surface area contributed by atoms with E-state index in [0.717, 1.165) is 0 Å². The van der Waals surface area contributed by atoms with Crippen molar-refractivity contribution in [3.8, 4) is 6.07 Å². The fourth-order valence-electron chi connectivity index (χ4n) is 2.56. The molecule has 5 heteroatoms. The van der Waals surface area contributed by atoms with Gasteiger partial charge in [0.25, 0.3) is 0 Å². The summed E-state index contributed by atoms with van der Waals surface area (Å²) in [5.74, 6) is -0.136. The van der Waals surface area contributed by atoms with Crippen LogP contribution in [0.1, 0.15) is 24.5 Å². The van der Waals surface area contributed by atoms with Crippen molar-refractivity contribution in [2.75, 3.05) is 13.2 Å². The first-order chi connectivity index (χ1) is 9.01. The standard InChI is InChI=1S/C14H17ClN2O2/c1-9-4-11(7-18)14(17,8-19-9)12-5-10(6-16)2-3-13(12)15/h2-3,5,9,11,18H,4,7-8,17H2,1H3/t9-,11-,14-/m0/s1. The lowest BCUT2D eigenvalue weighted by Gasteiger charge is -2.43. The highest BCUT2D eigenvalue weighted by Crippen LogP contribution is 2.38. The zero-order chi connectivity index (χ0) is 14.0. The molecule has 1 aromatic carbocycles. The van der Waals surface area contributed by atoms with Crippen LogP contribution in [-0.2, 0) is 10.3 Å². The quantitative estimate of drug-likeness (QED) is 0.865. The largest absolute Gasteiger partial charge is 0.396 e. The van der Waals surface area contributed by atoms with Crippen LogP contribution >= 0.6 is 11.6 Å². The molecule has 0 unspecified atom stereocenters. The van der Waals surface area contributed by atoms with Crippen molar-refractivity contribution in [1.29, 1.82) is 5.26 Å². The molecule has 1 fully saturated rings. The van der Waals surface area contributed by atoms with E-state index in [-0.39, 0.29) is 25.2 Å². The van der Waals surface area contributed by atoms with Gasteiger partial charge >= 0.3 is 0 Å². The Labute approximate surface area is 117 Å². The highest BCUT2D eigenvalue weighted by atomic mass is 35.5.